The second kappa shape index (κ2) is 9.76. The number of nitrogens with one attached hydrogen (secondary N) is 1. The van der Waals surface area contributed by atoms with Crippen molar-refractivity contribution in [3.8, 4) is 0 Å². The average molecular weight is 353 g/mol. The first kappa shape index (κ1) is 18.9. The molecule has 1 aromatic heterocycles. The van der Waals surface area contributed by atoms with E-state index in [4.69, 9.17) is 4.74 Å². The quantitative estimate of drug-likeness (QED) is 0.684. The Bertz CT molecular complexity index is 521. The van der Waals surface area contributed by atoms with Crippen LogP contribution in [0.4, 0.5) is 0 Å². The highest BCUT2D eigenvalue weighted by molar-refractivity contribution is 7.10. The Balaban J connectivity index is 1.75. The molecule has 1 N–H and O–H groups in total. The molecule has 0 bridgehead atoms. The predicted octanol–water partition coefficient (Wildman–Crippen LogP) is 1.50. The molecule has 1 aliphatic heterocycles. The normalized spacial score (nSPS) is 17.5. The van der Waals surface area contributed by atoms with Gasteiger partial charge in [0, 0.05) is 31.7 Å². The van der Waals surface area contributed by atoms with Crippen LogP contribution in [0, 0.1) is 0 Å². The highest BCUT2D eigenvalue weighted by Crippen LogP contribution is 2.34. The summed E-state index contributed by atoms with van der Waals surface area (Å²) < 4.78 is 4.94. The maximum absolute atomic E-state index is 12.6. The van der Waals surface area contributed by atoms with E-state index in [2.05, 4.69) is 16.8 Å². The van der Waals surface area contributed by atoms with Crippen LogP contribution in [0.3, 0.4) is 0 Å². The first-order chi connectivity index (χ1) is 11.6. The average Bonchev–Trinajstić information content (AvgIpc) is 3.21. The molecule has 1 fully saturated rings. The van der Waals surface area contributed by atoms with Gasteiger partial charge in [0.05, 0.1) is 19.1 Å². The third-order valence-electron chi connectivity index (χ3n) is 4.11. The SMILES string of the molecule is COCCCNC(=O)CN(C)CC(=O)N1CCCC1c1cccs1. The lowest BCUT2D eigenvalue weighted by Gasteiger charge is -2.26. The zero-order valence-corrected chi connectivity index (χ0v) is 15.3. The van der Waals surface area contributed by atoms with Gasteiger partial charge >= 0.3 is 0 Å². The van der Waals surface area contributed by atoms with Crippen molar-refractivity contribution in [1.29, 1.82) is 0 Å². The number of carbonyl (C=O) groups is 2. The molecule has 0 spiro atoms. The van der Waals surface area contributed by atoms with Gasteiger partial charge < -0.3 is 15.0 Å². The van der Waals surface area contributed by atoms with Crippen LogP contribution in [0.1, 0.15) is 30.2 Å². The van der Waals surface area contributed by atoms with Gasteiger partial charge in [-0.25, -0.2) is 0 Å². The Morgan fingerprint density at radius 2 is 2.29 bits per heavy atom. The molecule has 6 nitrogen and oxygen atoms in total. The monoisotopic (exact) mass is 353 g/mol. The van der Waals surface area contributed by atoms with E-state index in [1.165, 1.54) is 4.88 Å². The fraction of sp³-hybridized carbons (Fsp3) is 0.647. The van der Waals surface area contributed by atoms with E-state index >= 15 is 0 Å². The molecule has 2 amide bonds. The van der Waals surface area contributed by atoms with Crippen LogP contribution in [0.2, 0.25) is 0 Å². The molecule has 1 saturated heterocycles. The predicted molar refractivity (Wildman–Crippen MR) is 95.0 cm³/mol. The van der Waals surface area contributed by atoms with Crippen molar-refractivity contribution in [3.63, 3.8) is 0 Å². The number of hydrogen-bond donors (Lipinski definition) is 1. The van der Waals surface area contributed by atoms with E-state index < -0.39 is 0 Å². The molecule has 7 heteroatoms. The lowest BCUT2D eigenvalue weighted by molar-refractivity contribution is -0.133. The molecule has 0 saturated carbocycles. The van der Waals surface area contributed by atoms with Gasteiger partial charge in [-0.05, 0) is 37.8 Å². The third-order valence-corrected chi connectivity index (χ3v) is 5.08. The van der Waals surface area contributed by atoms with Crippen LogP contribution in [0.25, 0.3) is 0 Å². The van der Waals surface area contributed by atoms with Gasteiger partial charge in [-0.1, -0.05) is 6.07 Å². The Hall–Kier alpha value is -1.44. The topological polar surface area (TPSA) is 61.9 Å². The Labute approximate surface area is 147 Å². The van der Waals surface area contributed by atoms with Gasteiger partial charge in [0.25, 0.3) is 0 Å². The van der Waals surface area contributed by atoms with Crippen molar-refractivity contribution in [3.05, 3.63) is 22.4 Å². The zero-order chi connectivity index (χ0) is 17.4. The largest absolute Gasteiger partial charge is 0.385 e. The summed E-state index contributed by atoms with van der Waals surface area (Å²) in [5, 5.41) is 4.89. The van der Waals surface area contributed by atoms with E-state index in [0.717, 1.165) is 25.8 Å². The second-order valence-electron chi connectivity index (χ2n) is 6.13. The number of hydrogen-bond acceptors (Lipinski definition) is 5. The van der Waals surface area contributed by atoms with E-state index in [1.807, 2.05) is 18.0 Å². The fourth-order valence-electron chi connectivity index (χ4n) is 2.96. The minimum absolute atomic E-state index is 0.0577. The highest BCUT2D eigenvalue weighted by Gasteiger charge is 2.30. The minimum Gasteiger partial charge on any atom is -0.385 e. The number of carbonyl (C=O) groups excluding carboxylic acids is 2. The number of methoxy groups -OCH3 is 1. The van der Waals surface area contributed by atoms with Crippen molar-refractivity contribution >= 4 is 23.2 Å². The lowest BCUT2D eigenvalue weighted by Crippen LogP contribution is -2.42. The summed E-state index contributed by atoms with van der Waals surface area (Å²) in [5.74, 6) is 0.0400. The molecule has 1 unspecified atom stereocenters. The van der Waals surface area contributed by atoms with Gasteiger partial charge in [-0.2, -0.15) is 0 Å². The number of ether oxygens (including phenoxy) is 1. The first-order valence-corrected chi connectivity index (χ1v) is 9.27. The summed E-state index contributed by atoms with van der Waals surface area (Å²) >= 11 is 1.70. The first-order valence-electron chi connectivity index (χ1n) is 8.39. The smallest absolute Gasteiger partial charge is 0.237 e. The van der Waals surface area contributed by atoms with Crippen LogP contribution in [0.15, 0.2) is 17.5 Å². The maximum Gasteiger partial charge on any atom is 0.237 e. The maximum atomic E-state index is 12.6. The number of likely N-dealkylation sites (tertiary alicyclic amines) is 1. The molecule has 1 aromatic rings. The molecule has 0 radical (unpaired) electrons. The molecule has 24 heavy (non-hydrogen) atoms. The van der Waals surface area contributed by atoms with Crippen molar-refractivity contribution < 1.29 is 14.3 Å². The van der Waals surface area contributed by atoms with Crippen molar-refractivity contribution in [2.75, 3.05) is 46.9 Å². The van der Waals surface area contributed by atoms with Crippen LogP contribution in [-0.4, -0.2) is 68.6 Å². The van der Waals surface area contributed by atoms with E-state index in [-0.39, 0.29) is 30.9 Å². The molecular formula is C17H27N3O3S. The lowest BCUT2D eigenvalue weighted by atomic mass is 10.2. The van der Waals surface area contributed by atoms with Crippen molar-refractivity contribution in [2.45, 2.75) is 25.3 Å². The zero-order valence-electron chi connectivity index (χ0n) is 14.5. The van der Waals surface area contributed by atoms with Gasteiger partial charge in [-0.15, -0.1) is 11.3 Å². The third kappa shape index (κ3) is 5.58. The van der Waals surface area contributed by atoms with Gasteiger partial charge in [0.2, 0.25) is 11.8 Å². The molecule has 0 aromatic carbocycles. The number of thiophene rings is 1. The van der Waals surface area contributed by atoms with E-state index in [1.54, 1.807) is 23.3 Å². The molecular weight excluding hydrogens is 326 g/mol. The number of amides is 2. The standard InChI is InChI=1S/C17H27N3O3S/c1-19(12-16(21)18-8-5-10-23-2)13-17(22)20-9-3-6-14(20)15-7-4-11-24-15/h4,7,11,14H,3,5-6,8-10,12-13H2,1-2H3,(H,18,21). The second-order valence-corrected chi connectivity index (χ2v) is 7.11. The van der Waals surface area contributed by atoms with Crippen LogP contribution in [-0.2, 0) is 14.3 Å². The molecule has 1 atom stereocenters. The van der Waals surface area contributed by atoms with Crippen LogP contribution >= 0.6 is 11.3 Å². The van der Waals surface area contributed by atoms with Crippen molar-refractivity contribution in [2.24, 2.45) is 0 Å². The molecule has 1 aliphatic rings. The van der Waals surface area contributed by atoms with E-state index in [9.17, 15) is 9.59 Å². The van der Waals surface area contributed by atoms with Gasteiger partial charge in [0.15, 0.2) is 0 Å². The Morgan fingerprint density at radius 1 is 1.46 bits per heavy atom. The molecule has 2 heterocycles. The van der Waals surface area contributed by atoms with Gasteiger partial charge in [-0.3, -0.25) is 14.5 Å². The van der Waals surface area contributed by atoms with Crippen LogP contribution < -0.4 is 5.32 Å². The Kier molecular flexibility index (Phi) is 7.68. The molecule has 0 aliphatic carbocycles. The number of nitrogens with zero attached hydrogens (tertiary/aromatic N) is 2. The van der Waals surface area contributed by atoms with Crippen LogP contribution in [0.5, 0.6) is 0 Å². The molecule has 2 rings (SSSR count). The summed E-state index contributed by atoms with van der Waals surface area (Å²) in [6.45, 7) is 2.54. The minimum atomic E-state index is -0.0577. The van der Waals surface area contributed by atoms with Crippen molar-refractivity contribution in [1.82, 2.24) is 15.1 Å². The summed E-state index contributed by atoms with van der Waals surface area (Å²) in [5.41, 5.74) is 0. The van der Waals surface area contributed by atoms with E-state index in [0.29, 0.717) is 13.2 Å². The highest BCUT2D eigenvalue weighted by atomic mass is 32.1. The summed E-state index contributed by atoms with van der Waals surface area (Å²) in [6.07, 6.45) is 2.86. The summed E-state index contributed by atoms with van der Waals surface area (Å²) in [4.78, 5) is 29.4. The number of rotatable bonds is 9. The Morgan fingerprint density at radius 3 is 3.00 bits per heavy atom. The van der Waals surface area contributed by atoms with Gasteiger partial charge in [0.1, 0.15) is 0 Å². The summed E-state index contributed by atoms with van der Waals surface area (Å²) in [7, 11) is 3.45. The summed E-state index contributed by atoms with van der Waals surface area (Å²) in [6, 6.07) is 4.33. The fourth-order valence-corrected chi connectivity index (χ4v) is 3.84. The number of likely N-dealkylation sites (N-methyl/N-ethyl adjacent to an activating group) is 1. The molecule has 134 valence electrons.